The molecule has 0 aromatic heterocycles. The van der Waals surface area contributed by atoms with Gasteiger partial charge in [0.2, 0.25) is 0 Å². The maximum Gasteiger partial charge on any atom is 0.372 e. The number of aliphatic hydroxyl groups is 1. The molecule has 0 aliphatic rings. The van der Waals surface area contributed by atoms with Crippen molar-refractivity contribution < 1.29 is 14.6 Å². The molecule has 0 aliphatic carbocycles. The standard InChI is InChI=1S/C6H10O3/c1-3-5(7)6(8)9-4-2/h3,7H,4H2,1-2H3/b5-3-. The summed E-state index contributed by atoms with van der Waals surface area (Å²) in [6.45, 7) is 3.53. The van der Waals surface area contributed by atoms with Crippen LogP contribution < -0.4 is 0 Å². The minimum atomic E-state index is -0.667. The molecule has 0 heterocycles. The van der Waals surface area contributed by atoms with Gasteiger partial charge in [0.05, 0.1) is 6.61 Å². The molecule has 1 N–H and O–H groups in total. The minimum absolute atomic E-state index is 0.288. The van der Waals surface area contributed by atoms with Crippen molar-refractivity contribution in [1.82, 2.24) is 0 Å². The third kappa shape index (κ3) is 2.74. The second-order valence-electron chi connectivity index (χ2n) is 1.39. The van der Waals surface area contributed by atoms with Gasteiger partial charge in [0, 0.05) is 0 Å². The lowest BCUT2D eigenvalue weighted by atomic mass is 10.5. The first-order valence-electron chi connectivity index (χ1n) is 2.74. The molecule has 0 unspecified atom stereocenters. The van der Waals surface area contributed by atoms with Crippen molar-refractivity contribution in [2.24, 2.45) is 0 Å². The van der Waals surface area contributed by atoms with Crippen LogP contribution >= 0.6 is 0 Å². The first-order chi connectivity index (χ1) is 4.22. The predicted octanol–water partition coefficient (Wildman–Crippen LogP) is 1.01. The summed E-state index contributed by atoms with van der Waals surface area (Å²) in [4.78, 5) is 10.4. The monoisotopic (exact) mass is 130 g/mol. The number of hydrogen-bond acceptors (Lipinski definition) is 3. The fourth-order valence-corrected chi connectivity index (χ4v) is 0.323. The zero-order valence-electron chi connectivity index (χ0n) is 5.55. The van der Waals surface area contributed by atoms with Crippen molar-refractivity contribution in [3.63, 3.8) is 0 Å². The molecular weight excluding hydrogens is 120 g/mol. The fraction of sp³-hybridized carbons (Fsp3) is 0.500. The molecular formula is C6H10O3. The van der Waals surface area contributed by atoms with Gasteiger partial charge in [0.15, 0.2) is 5.76 Å². The van der Waals surface area contributed by atoms with Crippen LogP contribution in [-0.4, -0.2) is 17.7 Å². The van der Waals surface area contributed by atoms with Gasteiger partial charge in [0.1, 0.15) is 0 Å². The number of aliphatic hydroxyl groups excluding tert-OH is 1. The van der Waals surface area contributed by atoms with E-state index in [2.05, 4.69) is 4.74 Å². The van der Waals surface area contributed by atoms with E-state index in [-0.39, 0.29) is 12.4 Å². The smallest absolute Gasteiger partial charge is 0.372 e. The van der Waals surface area contributed by atoms with E-state index in [1.165, 1.54) is 6.08 Å². The Hall–Kier alpha value is -0.990. The molecule has 9 heavy (non-hydrogen) atoms. The van der Waals surface area contributed by atoms with Crippen LogP contribution in [0.25, 0.3) is 0 Å². The van der Waals surface area contributed by atoms with E-state index in [1.807, 2.05) is 0 Å². The summed E-state index contributed by atoms with van der Waals surface area (Å²) in [7, 11) is 0. The van der Waals surface area contributed by atoms with Crippen LogP contribution in [-0.2, 0) is 9.53 Å². The van der Waals surface area contributed by atoms with Gasteiger partial charge in [-0.2, -0.15) is 0 Å². The highest BCUT2D eigenvalue weighted by Crippen LogP contribution is 1.90. The number of esters is 1. The van der Waals surface area contributed by atoms with Gasteiger partial charge >= 0.3 is 5.97 Å². The highest BCUT2D eigenvalue weighted by Gasteiger charge is 2.04. The van der Waals surface area contributed by atoms with Crippen molar-refractivity contribution in [2.75, 3.05) is 6.61 Å². The first kappa shape index (κ1) is 8.01. The van der Waals surface area contributed by atoms with Crippen LogP contribution in [0.3, 0.4) is 0 Å². The number of carbonyl (C=O) groups is 1. The Balaban J connectivity index is 3.74. The van der Waals surface area contributed by atoms with E-state index in [1.54, 1.807) is 13.8 Å². The van der Waals surface area contributed by atoms with Crippen molar-refractivity contribution in [1.29, 1.82) is 0 Å². The van der Waals surface area contributed by atoms with Gasteiger partial charge in [-0.1, -0.05) is 0 Å². The number of ether oxygens (including phenoxy) is 1. The zero-order valence-corrected chi connectivity index (χ0v) is 5.55. The first-order valence-corrected chi connectivity index (χ1v) is 2.74. The highest BCUT2D eigenvalue weighted by atomic mass is 16.5. The summed E-state index contributed by atoms with van der Waals surface area (Å²) < 4.78 is 4.44. The van der Waals surface area contributed by atoms with Gasteiger partial charge in [-0.15, -0.1) is 0 Å². The molecule has 0 aromatic carbocycles. The number of allylic oxidation sites excluding steroid dienone is 1. The number of carbonyl (C=O) groups excluding carboxylic acids is 1. The van der Waals surface area contributed by atoms with Crippen LogP contribution in [0.1, 0.15) is 13.8 Å². The second kappa shape index (κ2) is 3.95. The summed E-state index contributed by atoms with van der Waals surface area (Å²) in [6, 6.07) is 0. The van der Waals surface area contributed by atoms with E-state index >= 15 is 0 Å². The lowest BCUT2D eigenvalue weighted by Gasteiger charge is -1.97. The van der Waals surface area contributed by atoms with E-state index in [0.29, 0.717) is 0 Å². The molecule has 3 nitrogen and oxygen atoms in total. The van der Waals surface area contributed by atoms with Gasteiger partial charge in [0.25, 0.3) is 0 Å². The molecule has 0 saturated carbocycles. The Kier molecular flexibility index (Phi) is 3.51. The zero-order chi connectivity index (χ0) is 7.28. The largest absolute Gasteiger partial charge is 0.502 e. The minimum Gasteiger partial charge on any atom is -0.502 e. The summed E-state index contributed by atoms with van der Waals surface area (Å²) >= 11 is 0. The van der Waals surface area contributed by atoms with Crippen LogP contribution in [0.2, 0.25) is 0 Å². The van der Waals surface area contributed by atoms with Crippen molar-refractivity contribution >= 4 is 5.97 Å². The topological polar surface area (TPSA) is 46.5 Å². The number of rotatable bonds is 2. The maximum atomic E-state index is 10.4. The lowest BCUT2D eigenvalue weighted by molar-refractivity contribution is -0.141. The second-order valence-corrected chi connectivity index (χ2v) is 1.39. The molecule has 0 aliphatic heterocycles. The molecule has 0 bridgehead atoms. The quantitative estimate of drug-likeness (QED) is 0.344. The molecule has 0 fully saturated rings. The fourth-order valence-electron chi connectivity index (χ4n) is 0.323. The molecule has 52 valence electrons. The summed E-state index contributed by atoms with van der Waals surface area (Å²) in [5.74, 6) is -1.00. The van der Waals surface area contributed by atoms with Crippen molar-refractivity contribution in [3.8, 4) is 0 Å². The SMILES string of the molecule is C/C=C(\O)C(=O)OCC. The Morgan fingerprint density at radius 1 is 1.78 bits per heavy atom. The van der Waals surface area contributed by atoms with Gasteiger partial charge < -0.3 is 9.84 Å². The molecule has 0 amide bonds. The van der Waals surface area contributed by atoms with Gasteiger partial charge in [-0.05, 0) is 19.9 Å². The molecule has 0 aromatic rings. The van der Waals surface area contributed by atoms with E-state index in [9.17, 15) is 4.79 Å². The van der Waals surface area contributed by atoms with Crippen LogP contribution in [0.5, 0.6) is 0 Å². The Morgan fingerprint density at radius 2 is 2.33 bits per heavy atom. The van der Waals surface area contributed by atoms with Gasteiger partial charge in [-0.3, -0.25) is 0 Å². The number of hydrogen-bond donors (Lipinski definition) is 1. The lowest BCUT2D eigenvalue weighted by Crippen LogP contribution is -2.06. The normalized spacial score (nSPS) is 11.1. The Morgan fingerprint density at radius 3 is 2.67 bits per heavy atom. The molecule has 0 radical (unpaired) electrons. The maximum absolute atomic E-state index is 10.4. The van der Waals surface area contributed by atoms with Crippen LogP contribution in [0.4, 0.5) is 0 Å². The van der Waals surface area contributed by atoms with Crippen LogP contribution in [0, 0.1) is 0 Å². The predicted molar refractivity (Wildman–Crippen MR) is 33.0 cm³/mol. The third-order valence-corrected chi connectivity index (χ3v) is 0.758. The van der Waals surface area contributed by atoms with E-state index in [4.69, 9.17) is 5.11 Å². The molecule has 0 atom stereocenters. The Bertz CT molecular complexity index is 126. The highest BCUT2D eigenvalue weighted by molar-refractivity contribution is 5.85. The van der Waals surface area contributed by atoms with Gasteiger partial charge in [-0.25, -0.2) is 4.79 Å². The van der Waals surface area contributed by atoms with Crippen molar-refractivity contribution in [3.05, 3.63) is 11.8 Å². The summed E-state index contributed by atoms with van der Waals surface area (Å²) in [6.07, 6.45) is 1.29. The average Bonchev–Trinajstić information content (AvgIpc) is 1.87. The van der Waals surface area contributed by atoms with Crippen LogP contribution in [0.15, 0.2) is 11.8 Å². The Labute approximate surface area is 53.9 Å². The van der Waals surface area contributed by atoms with E-state index in [0.717, 1.165) is 0 Å². The molecule has 0 saturated heterocycles. The average molecular weight is 130 g/mol. The molecule has 0 rings (SSSR count). The van der Waals surface area contributed by atoms with E-state index < -0.39 is 5.97 Å². The van der Waals surface area contributed by atoms with Crippen molar-refractivity contribution in [2.45, 2.75) is 13.8 Å². The molecule has 3 heteroatoms. The summed E-state index contributed by atoms with van der Waals surface area (Å²) in [5.41, 5.74) is 0. The summed E-state index contributed by atoms with van der Waals surface area (Å²) in [5, 5.41) is 8.64. The molecule has 0 spiro atoms. The third-order valence-electron chi connectivity index (χ3n) is 0.758.